The summed E-state index contributed by atoms with van der Waals surface area (Å²) in [5, 5.41) is 0. The van der Waals surface area contributed by atoms with Crippen molar-refractivity contribution in [3.05, 3.63) is 65.0 Å². The Bertz CT molecular complexity index is 619. The molecule has 0 saturated heterocycles. The molecule has 0 amide bonds. The summed E-state index contributed by atoms with van der Waals surface area (Å²) in [6, 6.07) is 12.5. The van der Waals surface area contributed by atoms with Crippen molar-refractivity contribution in [3.8, 4) is 0 Å². The molecule has 3 heteroatoms. The van der Waals surface area contributed by atoms with Crippen molar-refractivity contribution in [2.45, 2.75) is 23.5 Å². The Morgan fingerprint density at radius 2 is 1.84 bits per heavy atom. The van der Waals surface area contributed by atoms with Gasteiger partial charge in [0.2, 0.25) is 0 Å². The Morgan fingerprint density at radius 1 is 1.05 bits per heavy atom. The van der Waals surface area contributed by atoms with Crippen molar-refractivity contribution >= 4 is 17.5 Å². The molecule has 96 valence electrons. The fraction of sp³-hybridized carbons (Fsp3) is 0.188. The number of benzene rings is 2. The lowest BCUT2D eigenvalue weighted by molar-refractivity contribution is 0.0994. The van der Waals surface area contributed by atoms with E-state index in [9.17, 15) is 9.18 Å². The topological polar surface area (TPSA) is 17.1 Å². The molecule has 0 bridgehead atoms. The zero-order valence-electron chi connectivity index (χ0n) is 10.4. The summed E-state index contributed by atoms with van der Waals surface area (Å²) < 4.78 is 12.8. The Hall–Kier alpha value is -1.61. The second-order valence-electron chi connectivity index (χ2n) is 4.62. The number of Topliss-reactive ketones (excluding diaryl/α,β-unsaturated/α-hetero) is 1. The molecule has 0 saturated carbocycles. The SMILES string of the molecule is O=C1CCc2c(SCc3ccc(F)cc3)cccc21. The molecule has 0 fully saturated rings. The van der Waals surface area contributed by atoms with E-state index in [0.29, 0.717) is 6.42 Å². The van der Waals surface area contributed by atoms with Gasteiger partial charge in [-0.3, -0.25) is 4.79 Å². The summed E-state index contributed by atoms with van der Waals surface area (Å²) in [6.45, 7) is 0. The van der Waals surface area contributed by atoms with Gasteiger partial charge in [-0.25, -0.2) is 4.39 Å². The van der Waals surface area contributed by atoms with Gasteiger partial charge in [0.15, 0.2) is 5.78 Å². The monoisotopic (exact) mass is 272 g/mol. The van der Waals surface area contributed by atoms with Gasteiger partial charge >= 0.3 is 0 Å². The summed E-state index contributed by atoms with van der Waals surface area (Å²) in [6.07, 6.45) is 1.48. The lowest BCUT2D eigenvalue weighted by Gasteiger charge is -2.07. The largest absolute Gasteiger partial charge is 0.294 e. The van der Waals surface area contributed by atoms with Crippen molar-refractivity contribution in [2.24, 2.45) is 0 Å². The number of ketones is 1. The molecule has 19 heavy (non-hydrogen) atoms. The van der Waals surface area contributed by atoms with Crippen LogP contribution >= 0.6 is 11.8 Å². The summed E-state index contributed by atoms with van der Waals surface area (Å²) in [5.41, 5.74) is 3.15. The highest BCUT2D eigenvalue weighted by Gasteiger charge is 2.21. The van der Waals surface area contributed by atoms with Gasteiger partial charge in [0.1, 0.15) is 5.82 Å². The van der Waals surface area contributed by atoms with Crippen LogP contribution in [0.15, 0.2) is 47.4 Å². The van der Waals surface area contributed by atoms with Crippen LogP contribution < -0.4 is 0 Å². The average Bonchev–Trinajstić information content (AvgIpc) is 2.81. The van der Waals surface area contributed by atoms with E-state index in [2.05, 4.69) is 6.07 Å². The van der Waals surface area contributed by atoms with Crippen LogP contribution in [-0.2, 0) is 12.2 Å². The fourth-order valence-electron chi connectivity index (χ4n) is 2.33. The van der Waals surface area contributed by atoms with Gasteiger partial charge in [-0.15, -0.1) is 11.8 Å². The highest BCUT2D eigenvalue weighted by molar-refractivity contribution is 7.98. The van der Waals surface area contributed by atoms with E-state index < -0.39 is 0 Å². The van der Waals surface area contributed by atoms with E-state index in [0.717, 1.165) is 23.3 Å². The second kappa shape index (κ2) is 5.17. The highest BCUT2D eigenvalue weighted by atomic mass is 32.2. The van der Waals surface area contributed by atoms with Crippen molar-refractivity contribution < 1.29 is 9.18 Å². The standard InChI is InChI=1S/C16H13FOS/c17-12-6-4-11(5-7-12)10-19-16-3-1-2-13-14(16)8-9-15(13)18/h1-7H,8-10H2. The number of rotatable bonds is 3. The molecule has 0 atom stereocenters. The van der Waals surface area contributed by atoms with Gasteiger partial charge in [-0.2, -0.15) is 0 Å². The third-order valence-corrected chi connectivity index (χ3v) is 4.51. The van der Waals surface area contributed by atoms with Crippen molar-refractivity contribution in [1.82, 2.24) is 0 Å². The molecule has 1 nitrogen and oxygen atoms in total. The zero-order chi connectivity index (χ0) is 13.2. The van der Waals surface area contributed by atoms with E-state index in [1.165, 1.54) is 22.6 Å². The van der Waals surface area contributed by atoms with E-state index >= 15 is 0 Å². The lowest BCUT2D eigenvalue weighted by atomic mass is 10.1. The summed E-state index contributed by atoms with van der Waals surface area (Å²) in [7, 11) is 0. The Balaban J connectivity index is 1.78. The smallest absolute Gasteiger partial charge is 0.163 e. The molecule has 3 rings (SSSR count). The van der Waals surface area contributed by atoms with Gasteiger partial charge in [-0.05, 0) is 35.7 Å². The predicted molar refractivity (Wildman–Crippen MR) is 75.1 cm³/mol. The first-order valence-electron chi connectivity index (χ1n) is 6.26. The van der Waals surface area contributed by atoms with Crippen molar-refractivity contribution in [1.29, 1.82) is 0 Å². The van der Waals surface area contributed by atoms with E-state index in [4.69, 9.17) is 0 Å². The van der Waals surface area contributed by atoms with Crippen LogP contribution in [0.4, 0.5) is 4.39 Å². The number of carbonyl (C=O) groups excluding carboxylic acids is 1. The number of fused-ring (bicyclic) bond motifs is 1. The van der Waals surface area contributed by atoms with Gasteiger partial charge < -0.3 is 0 Å². The van der Waals surface area contributed by atoms with Crippen molar-refractivity contribution in [2.75, 3.05) is 0 Å². The number of halogens is 1. The quantitative estimate of drug-likeness (QED) is 0.777. The van der Waals surface area contributed by atoms with Gasteiger partial charge in [0, 0.05) is 22.6 Å². The first-order chi connectivity index (χ1) is 9.24. The predicted octanol–water partition coefficient (Wildman–Crippen LogP) is 4.25. The maximum Gasteiger partial charge on any atom is 0.163 e. The molecule has 0 radical (unpaired) electrons. The van der Waals surface area contributed by atoms with Crippen molar-refractivity contribution in [3.63, 3.8) is 0 Å². The van der Waals surface area contributed by atoms with Crippen LogP contribution in [-0.4, -0.2) is 5.78 Å². The highest BCUT2D eigenvalue weighted by Crippen LogP contribution is 2.33. The molecule has 0 N–H and O–H groups in total. The lowest BCUT2D eigenvalue weighted by Crippen LogP contribution is -1.91. The van der Waals surface area contributed by atoms with Gasteiger partial charge in [0.25, 0.3) is 0 Å². The molecule has 0 heterocycles. The molecule has 0 aliphatic heterocycles. The molecular weight excluding hydrogens is 259 g/mol. The van der Waals surface area contributed by atoms with E-state index in [-0.39, 0.29) is 11.6 Å². The van der Waals surface area contributed by atoms with Crippen LogP contribution in [0.5, 0.6) is 0 Å². The minimum Gasteiger partial charge on any atom is -0.294 e. The minimum absolute atomic E-state index is 0.208. The van der Waals surface area contributed by atoms with E-state index in [1.807, 2.05) is 12.1 Å². The number of thioether (sulfide) groups is 1. The third-order valence-electron chi connectivity index (χ3n) is 3.34. The zero-order valence-corrected chi connectivity index (χ0v) is 11.2. The first-order valence-corrected chi connectivity index (χ1v) is 7.25. The molecule has 2 aromatic carbocycles. The maximum absolute atomic E-state index is 12.8. The molecule has 2 aromatic rings. The van der Waals surface area contributed by atoms with E-state index in [1.54, 1.807) is 23.9 Å². The Kier molecular flexibility index (Phi) is 3.38. The Morgan fingerprint density at radius 3 is 2.63 bits per heavy atom. The Labute approximate surface area is 115 Å². The fourth-order valence-corrected chi connectivity index (χ4v) is 3.41. The first kappa shape index (κ1) is 12.4. The molecule has 0 unspecified atom stereocenters. The van der Waals surface area contributed by atoms with Gasteiger partial charge in [-0.1, -0.05) is 24.3 Å². The van der Waals surface area contributed by atoms with Crippen LogP contribution in [0, 0.1) is 5.82 Å². The molecule has 1 aliphatic rings. The minimum atomic E-state index is -0.208. The number of carbonyl (C=O) groups is 1. The van der Waals surface area contributed by atoms with Gasteiger partial charge in [0.05, 0.1) is 0 Å². The number of hydrogen-bond acceptors (Lipinski definition) is 2. The van der Waals surface area contributed by atoms with Crippen LogP contribution in [0.2, 0.25) is 0 Å². The maximum atomic E-state index is 12.8. The second-order valence-corrected chi connectivity index (χ2v) is 5.64. The van der Waals surface area contributed by atoms with Crippen LogP contribution in [0.25, 0.3) is 0 Å². The van der Waals surface area contributed by atoms with Crippen LogP contribution in [0.3, 0.4) is 0 Å². The molecular formula is C16H13FOS. The molecule has 0 spiro atoms. The summed E-state index contributed by atoms with van der Waals surface area (Å²) >= 11 is 1.71. The molecule has 1 aliphatic carbocycles. The number of hydrogen-bond donors (Lipinski definition) is 0. The third kappa shape index (κ3) is 2.56. The average molecular weight is 272 g/mol. The summed E-state index contributed by atoms with van der Waals surface area (Å²) in [5.74, 6) is 0.837. The summed E-state index contributed by atoms with van der Waals surface area (Å²) in [4.78, 5) is 12.9. The molecule has 0 aromatic heterocycles. The normalized spacial score (nSPS) is 13.6. The van der Waals surface area contributed by atoms with Crippen LogP contribution in [0.1, 0.15) is 27.9 Å².